The highest BCUT2D eigenvalue weighted by atomic mass is 35.5. The minimum atomic E-state index is -5.47. The van der Waals surface area contributed by atoms with E-state index in [9.17, 15) is 44.2 Å². The summed E-state index contributed by atoms with van der Waals surface area (Å²) < 4.78 is 119. The van der Waals surface area contributed by atoms with Crippen LogP contribution in [0.1, 0.15) is 11.3 Å². The third-order valence-electron chi connectivity index (χ3n) is 4.18. The molecule has 0 amide bonds. The van der Waals surface area contributed by atoms with Crippen molar-refractivity contribution in [2.75, 3.05) is 4.72 Å². The number of benzene rings is 2. The predicted molar refractivity (Wildman–Crippen MR) is 113 cm³/mol. The summed E-state index contributed by atoms with van der Waals surface area (Å²) in [6.07, 6.45) is -4.91. The molecule has 0 aliphatic heterocycles. The number of rotatable bonds is 5. The van der Waals surface area contributed by atoms with Crippen LogP contribution in [0.4, 0.5) is 32.2 Å². The Balaban J connectivity index is 2.36. The van der Waals surface area contributed by atoms with Gasteiger partial charge in [0.1, 0.15) is 16.7 Å². The Hall–Kier alpha value is -2.80. The molecule has 186 valence electrons. The van der Waals surface area contributed by atoms with Crippen LogP contribution in [0, 0.1) is 11.3 Å². The lowest BCUT2D eigenvalue weighted by Gasteiger charge is -2.16. The normalized spacial score (nSPS) is 13.3. The number of nitrogens with one attached hydrogen (secondary N) is 1. The van der Waals surface area contributed by atoms with Gasteiger partial charge in [-0.2, -0.15) is 36.7 Å². The molecule has 3 rings (SSSR count). The molecule has 0 aliphatic rings. The second-order valence-corrected chi connectivity index (χ2v) is 10.4. The summed E-state index contributed by atoms with van der Waals surface area (Å²) in [6.45, 7) is 0. The van der Waals surface area contributed by atoms with Gasteiger partial charge in [0.25, 0.3) is 10.0 Å². The molecule has 1 heterocycles. The molecular weight excluding hydrogens is 569 g/mol. The van der Waals surface area contributed by atoms with Gasteiger partial charge in [0.05, 0.1) is 20.5 Å². The molecule has 7 nitrogen and oxygen atoms in total. The molecule has 0 fully saturated rings. The minimum absolute atomic E-state index is 0.281. The van der Waals surface area contributed by atoms with Gasteiger partial charge in [-0.3, -0.25) is 4.72 Å². The smallest absolute Gasteiger partial charge is 0.262 e. The molecule has 3 aromatic rings. The Morgan fingerprint density at radius 2 is 1.57 bits per heavy atom. The predicted octanol–water partition coefficient (Wildman–Crippen LogP) is 5.50. The van der Waals surface area contributed by atoms with Crippen molar-refractivity contribution < 1.29 is 39.0 Å². The van der Waals surface area contributed by atoms with Crippen molar-refractivity contribution in [3.8, 4) is 11.8 Å². The van der Waals surface area contributed by atoms with E-state index in [0.29, 0.717) is 12.1 Å². The Morgan fingerprint density at radius 1 is 1.03 bits per heavy atom. The summed E-state index contributed by atoms with van der Waals surface area (Å²) in [5, 5.41) is 11.2. The van der Waals surface area contributed by atoms with E-state index >= 15 is 0 Å². The van der Waals surface area contributed by atoms with Crippen molar-refractivity contribution in [2.24, 2.45) is 0 Å². The van der Waals surface area contributed by atoms with E-state index in [2.05, 4.69) is 5.10 Å². The molecule has 1 unspecified atom stereocenters. The van der Waals surface area contributed by atoms with Crippen molar-refractivity contribution in [2.45, 2.75) is 21.5 Å². The number of alkyl halides is 6. The van der Waals surface area contributed by atoms with E-state index in [1.165, 1.54) is 24.3 Å². The van der Waals surface area contributed by atoms with Gasteiger partial charge in [-0.1, -0.05) is 41.4 Å². The topological polar surface area (TPSA) is 105 Å². The number of aromatic nitrogens is 2. The van der Waals surface area contributed by atoms with Crippen molar-refractivity contribution in [1.82, 2.24) is 9.78 Å². The lowest BCUT2D eigenvalue weighted by molar-refractivity contribution is -0.137. The third kappa shape index (κ3) is 5.40. The van der Waals surface area contributed by atoms with Crippen LogP contribution in [0.3, 0.4) is 0 Å². The van der Waals surface area contributed by atoms with Gasteiger partial charge in [0.2, 0.25) is 0 Å². The summed E-state index contributed by atoms with van der Waals surface area (Å²) in [5.41, 5.74) is -8.64. The van der Waals surface area contributed by atoms with Gasteiger partial charge in [-0.15, -0.1) is 0 Å². The number of hydrogen-bond donors (Lipinski definition) is 1. The average molecular weight is 577 g/mol. The van der Waals surface area contributed by atoms with Gasteiger partial charge in [-0.25, -0.2) is 17.3 Å². The van der Waals surface area contributed by atoms with Crippen molar-refractivity contribution >= 4 is 49.8 Å². The average Bonchev–Trinajstić information content (AvgIpc) is 3.09. The number of hydrogen-bond acceptors (Lipinski definition) is 5. The zero-order valence-electron chi connectivity index (χ0n) is 16.4. The molecule has 0 bridgehead atoms. The van der Waals surface area contributed by atoms with Gasteiger partial charge in [0, 0.05) is 0 Å². The zero-order valence-corrected chi connectivity index (χ0v) is 19.6. The largest absolute Gasteiger partial charge is 0.476 e. The molecule has 2 aromatic carbocycles. The maximum Gasteiger partial charge on any atom is 0.476 e. The molecule has 0 aliphatic carbocycles. The lowest BCUT2D eigenvalue weighted by atomic mass is 10.2. The monoisotopic (exact) mass is 576 g/mol. The molecule has 1 N–H and O–H groups in total. The molecule has 0 saturated carbocycles. The SMILES string of the molecule is N#Cc1nn(-c2c(Cl)cc(C(F)(F)F)cc2Cl)c(NS(=O)(=O)c2ccccc2)c1S(=O)C(F)(F)F. The van der Waals surface area contributed by atoms with Gasteiger partial charge >= 0.3 is 11.7 Å². The molecule has 1 atom stereocenters. The zero-order chi connectivity index (χ0) is 26.3. The van der Waals surface area contributed by atoms with Crippen LogP contribution in [-0.4, -0.2) is 27.9 Å². The van der Waals surface area contributed by atoms with Crippen LogP contribution in [-0.2, 0) is 27.0 Å². The van der Waals surface area contributed by atoms with Crippen molar-refractivity contribution in [1.29, 1.82) is 5.26 Å². The third-order valence-corrected chi connectivity index (χ3v) is 7.29. The van der Waals surface area contributed by atoms with E-state index in [4.69, 9.17) is 23.2 Å². The van der Waals surface area contributed by atoms with Gasteiger partial charge < -0.3 is 0 Å². The second kappa shape index (κ2) is 9.34. The molecule has 0 radical (unpaired) electrons. The van der Waals surface area contributed by atoms with Crippen LogP contribution in [0.2, 0.25) is 10.0 Å². The maximum atomic E-state index is 13.3. The summed E-state index contributed by atoms with van der Waals surface area (Å²) in [5.74, 6) is -1.16. The minimum Gasteiger partial charge on any atom is -0.262 e. The molecule has 17 heteroatoms. The number of nitrogens with zero attached hydrogens (tertiary/aromatic N) is 3. The number of halogens is 8. The number of anilines is 1. The highest BCUT2D eigenvalue weighted by Crippen LogP contribution is 2.41. The van der Waals surface area contributed by atoms with E-state index < -0.39 is 75.1 Å². The maximum absolute atomic E-state index is 13.3. The fourth-order valence-corrected chi connectivity index (χ4v) is 5.33. The van der Waals surface area contributed by atoms with E-state index in [0.717, 1.165) is 12.1 Å². The summed E-state index contributed by atoms with van der Waals surface area (Å²) in [7, 11) is -8.68. The number of nitriles is 1. The Labute approximate surface area is 205 Å². The Morgan fingerprint density at radius 3 is 2.03 bits per heavy atom. The van der Waals surface area contributed by atoms with Crippen LogP contribution >= 0.6 is 23.2 Å². The molecule has 35 heavy (non-hydrogen) atoms. The fraction of sp³-hybridized carbons (Fsp3) is 0.111. The molecule has 0 spiro atoms. The molecule has 0 saturated heterocycles. The Bertz CT molecular complexity index is 1440. The van der Waals surface area contributed by atoms with Gasteiger partial charge in [0.15, 0.2) is 22.3 Å². The summed E-state index contributed by atoms with van der Waals surface area (Å²) in [4.78, 5) is -1.84. The highest BCUT2D eigenvalue weighted by molar-refractivity contribution is 7.93. The Kier molecular flexibility index (Phi) is 7.15. The number of sulfonamides is 1. The van der Waals surface area contributed by atoms with Crippen LogP contribution < -0.4 is 4.72 Å². The van der Waals surface area contributed by atoms with Crippen LogP contribution in [0.5, 0.6) is 0 Å². The summed E-state index contributed by atoms with van der Waals surface area (Å²) in [6, 6.07) is 8.18. The molecule has 1 aromatic heterocycles. The van der Waals surface area contributed by atoms with E-state index in [1.54, 1.807) is 4.72 Å². The standard InChI is InChI=1S/C18H8Cl2F6N4O3S2/c19-11-6-9(17(21,22)23)7-12(20)14(11)30-16(29-35(32,33)10-4-2-1-3-5-10)15(13(8-27)28-30)34(31)18(24,25)26/h1-7,29H. The first-order valence-electron chi connectivity index (χ1n) is 8.74. The van der Waals surface area contributed by atoms with E-state index in [1.807, 2.05) is 0 Å². The first-order chi connectivity index (χ1) is 16.1. The van der Waals surface area contributed by atoms with E-state index in [-0.39, 0.29) is 4.68 Å². The van der Waals surface area contributed by atoms with Crippen molar-refractivity contribution in [3.05, 3.63) is 63.8 Å². The summed E-state index contributed by atoms with van der Waals surface area (Å²) >= 11 is 11.8. The fourth-order valence-electron chi connectivity index (χ4n) is 2.74. The van der Waals surface area contributed by atoms with Crippen LogP contribution in [0.15, 0.2) is 52.3 Å². The lowest BCUT2D eigenvalue weighted by Crippen LogP contribution is -2.21. The molecular formula is C18H8Cl2F6N4O3S2. The second-order valence-electron chi connectivity index (χ2n) is 6.47. The van der Waals surface area contributed by atoms with Crippen molar-refractivity contribution in [3.63, 3.8) is 0 Å². The quantitative estimate of drug-likeness (QED) is 0.404. The first-order valence-corrected chi connectivity index (χ1v) is 12.1. The highest BCUT2D eigenvalue weighted by Gasteiger charge is 2.44. The van der Waals surface area contributed by atoms with Gasteiger partial charge in [-0.05, 0) is 24.3 Å². The first kappa shape index (κ1) is 26.8. The van der Waals surface area contributed by atoms with Crippen LogP contribution in [0.25, 0.3) is 5.69 Å².